The Bertz CT molecular complexity index is 134. The molecule has 52 valence electrons. The summed E-state index contributed by atoms with van der Waals surface area (Å²) in [7, 11) is 1.17. The van der Waals surface area contributed by atoms with Gasteiger partial charge in [0.1, 0.15) is 0 Å². The summed E-state index contributed by atoms with van der Waals surface area (Å²) in [4.78, 5) is 23.9. The Morgan fingerprint density at radius 2 is 1.89 bits per heavy atom. The molecule has 0 radical (unpaired) electrons. The van der Waals surface area contributed by atoms with Gasteiger partial charge in [0.2, 0.25) is 0 Å². The molecule has 0 saturated heterocycles. The summed E-state index contributed by atoms with van der Waals surface area (Å²) in [6.45, 7) is 0. The highest BCUT2D eigenvalue weighted by Gasteiger charge is 2.05. The third-order valence-corrected chi connectivity index (χ3v) is 0.537. The zero-order valence-corrected chi connectivity index (χ0v) is 4.83. The monoisotopic (exact) mass is 133 g/mol. The molecule has 0 saturated carbocycles. The number of amides is 3. The molecule has 0 aromatic carbocycles. The molecule has 6 heteroatoms. The van der Waals surface area contributed by atoms with Crippen LogP contribution in [0.15, 0.2) is 0 Å². The molecular formula is C3H7N3O3. The van der Waals surface area contributed by atoms with E-state index in [1.807, 2.05) is 0 Å². The van der Waals surface area contributed by atoms with Gasteiger partial charge in [-0.25, -0.2) is 9.59 Å². The maximum atomic E-state index is 10.1. The highest BCUT2D eigenvalue weighted by Crippen LogP contribution is 1.81. The number of rotatable bonds is 0. The first-order valence-electron chi connectivity index (χ1n) is 2.04. The van der Waals surface area contributed by atoms with E-state index in [9.17, 15) is 9.59 Å². The minimum atomic E-state index is -1.07. The number of carbonyl (C=O) groups is 2. The summed E-state index contributed by atoms with van der Waals surface area (Å²) in [5.74, 6) is 0. The Morgan fingerprint density at radius 1 is 1.44 bits per heavy atom. The second-order valence-electron chi connectivity index (χ2n) is 1.25. The Balaban J connectivity index is 3.63. The predicted octanol–water partition coefficient (Wildman–Crippen LogP) is -0.993. The Hall–Kier alpha value is -1.46. The number of nitrogens with two attached hydrogens (primary N) is 2. The van der Waals surface area contributed by atoms with Gasteiger partial charge in [-0.2, -0.15) is 5.06 Å². The average molecular weight is 133 g/mol. The third kappa shape index (κ3) is 3.15. The molecule has 0 aliphatic carbocycles. The van der Waals surface area contributed by atoms with Gasteiger partial charge in [-0.15, -0.1) is 0 Å². The highest BCUT2D eigenvalue weighted by molar-refractivity contribution is 5.73. The van der Waals surface area contributed by atoms with Crippen LogP contribution in [-0.2, 0) is 4.84 Å². The van der Waals surface area contributed by atoms with Crippen LogP contribution in [0.3, 0.4) is 0 Å². The largest absolute Gasteiger partial charge is 0.429 e. The third-order valence-electron chi connectivity index (χ3n) is 0.537. The SMILES string of the molecule is CN(OC(N)=O)C(N)=O. The molecule has 0 atom stereocenters. The van der Waals surface area contributed by atoms with E-state index in [0.29, 0.717) is 5.06 Å². The van der Waals surface area contributed by atoms with Crippen molar-refractivity contribution in [3.05, 3.63) is 0 Å². The topological polar surface area (TPSA) is 98.7 Å². The van der Waals surface area contributed by atoms with E-state index in [1.165, 1.54) is 7.05 Å². The van der Waals surface area contributed by atoms with Crippen LogP contribution in [0.1, 0.15) is 0 Å². The molecule has 6 nitrogen and oxygen atoms in total. The number of hydrogen-bond donors (Lipinski definition) is 2. The van der Waals surface area contributed by atoms with E-state index in [1.54, 1.807) is 0 Å². The van der Waals surface area contributed by atoms with Crippen molar-refractivity contribution in [3.8, 4) is 0 Å². The Labute approximate surface area is 51.3 Å². The molecule has 4 N–H and O–H groups in total. The first kappa shape index (κ1) is 7.54. The Kier molecular flexibility index (Phi) is 2.31. The summed E-state index contributed by atoms with van der Waals surface area (Å²) in [6.07, 6.45) is -1.07. The van der Waals surface area contributed by atoms with Crippen molar-refractivity contribution < 1.29 is 14.4 Å². The van der Waals surface area contributed by atoms with E-state index in [0.717, 1.165) is 0 Å². The number of primary amides is 2. The van der Waals surface area contributed by atoms with Gasteiger partial charge in [0.05, 0.1) is 7.05 Å². The minimum Gasteiger partial charge on any atom is -0.349 e. The molecule has 0 aliphatic rings. The van der Waals surface area contributed by atoms with Crippen molar-refractivity contribution in [1.82, 2.24) is 5.06 Å². The molecule has 9 heavy (non-hydrogen) atoms. The van der Waals surface area contributed by atoms with Crippen molar-refractivity contribution in [2.24, 2.45) is 11.5 Å². The van der Waals surface area contributed by atoms with Gasteiger partial charge < -0.3 is 16.3 Å². The smallest absolute Gasteiger partial charge is 0.349 e. The first-order chi connectivity index (χ1) is 4.04. The molecule has 3 amide bonds. The van der Waals surface area contributed by atoms with Crippen LogP contribution < -0.4 is 11.5 Å². The molecule has 0 aromatic heterocycles. The average Bonchev–Trinajstić information content (AvgIpc) is 1.63. The molecule has 0 rings (SSSR count). The maximum Gasteiger partial charge on any atom is 0.429 e. The minimum absolute atomic E-state index is 0.530. The summed E-state index contributed by atoms with van der Waals surface area (Å²) in [6, 6.07) is -0.881. The molecule has 0 heterocycles. The lowest BCUT2D eigenvalue weighted by Gasteiger charge is -2.09. The van der Waals surface area contributed by atoms with Crippen LogP contribution in [0.5, 0.6) is 0 Å². The van der Waals surface area contributed by atoms with Gasteiger partial charge in [0.25, 0.3) is 0 Å². The molecule has 0 aromatic rings. The van der Waals surface area contributed by atoms with Gasteiger partial charge in [-0.1, -0.05) is 0 Å². The number of nitrogens with zero attached hydrogens (tertiary/aromatic N) is 1. The zero-order chi connectivity index (χ0) is 7.44. The van der Waals surface area contributed by atoms with Gasteiger partial charge in [-0.3, -0.25) is 0 Å². The van der Waals surface area contributed by atoms with E-state index >= 15 is 0 Å². The van der Waals surface area contributed by atoms with Crippen LogP contribution in [0, 0.1) is 0 Å². The lowest BCUT2D eigenvalue weighted by Crippen LogP contribution is -2.35. The molecular weight excluding hydrogens is 126 g/mol. The van der Waals surface area contributed by atoms with Crippen molar-refractivity contribution in [3.63, 3.8) is 0 Å². The van der Waals surface area contributed by atoms with Crippen molar-refractivity contribution in [1.29, 1.82) is 0 Å². The summed E-state index contributed by atoms with van der Waals surface area (Å²) >= 11 is 0. The summed E-state index contributed by atoms with van der Waals surface area (Å²) in [5.41, 5.74) is 9.16. The van der Waals surface area contributed by atoms with Crippen LogP contribution in [0.4, 0.5) is 9.59 Å². The van der Waals surface area contributed by atoms with Crippen LogP contribution in [0.25, 0.3) is 0 Å². The van der Waals surface area contributed by atoms with Gasteiger partial charge in [0.15, 0.2) is 0 Å². The fourth-order valence-corrected chi connectivity index (χ4v) is 0.180. The van der Waals surface area contributed by atoms with Gasteiger partial charge in [0, 0.05) is 0 Å². The zero-order valence-electron chi connectivity index (χ0n) is 4.83. The van der Waals surface area contributed by atoms with E-state index in [2.05, 4.69) is 16.3 Å². The highest BCUT2D eigenvalue weighted by atomic mass is 16.7. The number of hydroxylamine groups is 2. The predicted molar refractivity (Wildman–Crippen MR) is 28.0 cm³/mol. The van der Waals surface area contributed by atoms with Gasteiger partial charge >= 0.3 is 12.1 Å². The molecule has 0 spiro atoms. The van der Waals surface area contributed by atoms with Gasteiger partial charge in [-0.05, 0) is 0 Å². The van der Waals surface area contributed by atoms with Crippen LogP contribution >= 0.6 is 0 Å². The first-order valence-corrected chi connectivity index (χ1v) is 2.04. The van der Waals surface area contributed by atoms with Crippen molar-refractivity contribution >= 4 is 12.1 Å². The number of urea groups is 1. The molecule has 0 aliphatic heterocycles. The lowest BCUT2D eigenvalue weighted by molar-refractivity contribution is -0.0296. The quantitative estimate of drug-likeness (QED) is 0.415. The van der Waals surface area contributed by atoms with Crippen molar-refractivity contribution in [2.75, 3.05) is 7.05 Å². The maximum absolute atomic E-state index is 10.1. The lowest BCUT2D eigenvalue weighted by atomic mass is 11.0. The van der Waals surface area contributed by atoms with Crippen molar-refractivity contribution in [2.45, 2.75) is 0 Å². The van der Waals surface area contributed by atoms with E-state index in [4.69, 9.17) is 0 Å². The van der Waals surface area contributed by atoms with E-state index in [-0.39, 0.29) is 0 Å². The van der Waals surface area contributed by atoms with Crippen LogP contribution in [-0.4, -0.2) is 24.2 Å². The molecule has 0 unspecified atom stereocenters. The second kappa shape index (κ2) is 2.75. The number of carbonyl (C=O) groups excluding carboxylic acids is 2. The molecule has 0 fully saturated rings. The van der Waals surface area contributed by atoms with E-state index < -0.39 is 12.1 Å². The summed E-state index contributed by atoms with van der Waals surface area (Å²) < 4.78 is 0. The fourth-order valence-electron chi connectivity index (χ4n) is 0.180. The normalized spacial score (nSPS) is 8.11. The van der Waals surface area contributed by atoms with Crippen LogP contribution in [0.2, 0.25) is 0 Å². The standard InChI is InChI=1S/C3H7N3O3/c1-6(2(4)7)9-3(5)8/h1H3,(H2,4,7)(H2,5,8). The Morgan fingerprint density at radius 3 is 2.00 bits per heavy atom. The summed E-state index contributed by atoms with van der Waals surface area (Å²) in [5, 5.41) is 0.530. The fraction of sp³-hybridized carbons (Fsp3) is 0.333. The molecule has 0 bridgehead atoms. The number of hydrogen-bond acceptors (Lipinski definition) is 3. The second-order valence-corrected chi connectivity index (χ2v) is 1.25.